The lowest BCUT2D eigenvalue weighted by atomic mass is 9.86. The van der Waals surface area contributed by atoms with Gasteiger partial charge in [0.2, 0.25) is 0 Å². The first-order valence-electron chi connectivity index (χ1n) is 6.47. The first kappa shape index (κ1) is 15.2. The summed E-state index contributed by atoms with van der Waals surface area (Å²) in [5.74, 6) is 0. The molecule has 0 saturated carbocycles. The van der Waals surface area contributed by atoms with Gasteiger partial charge in [0, 0.05) is 6.61 Å². The van der Waals surface area contributed by atoms with Gasteiger partial charge in [0.05, 0.1) is 0 Å². The molecule has 2 N–H and O–H groups in total. The molecule has 100 valence electrons. The number of unbranched alkanes of at least 4 members (excludes halogenated alkanes) is 1. The second kappa shape index (κ2) is 6.93. The van der Waals surface area contributed by atoms with E-state index in [0.717, 1.165) is 19.3 Å². The van der Waals surface area contributed by atoms with Crippen molar-refractivity contribution in [1.29, 1.82) is 0 Å². The Labute approximate surface area is 110 Å². The highest BCUT2D eigenvalue weighted by Gasteiger charge is 2.12. The molecule has 1 aromatic carbocycles. The van der Waals surface area contributed by atoms with Gasteiger partial charge in [-0.2, -0.15) is 0 Å². The molecule has 0 heterocycles. The molecule has 18 heavy (non-hydrogen) atoms. The van der Waals surface area contributed by atoms with Crippen LogP contribution in [0.15, 0.2) is 24.3 Å². The number of hydrogen-bond donors (Lipinski definition) is 2. The Morgan fingerprint density at radius 1 is 1.06 bits per heavy atom. The first-order chi connectivity index (χ1) is 8.39. The van der Waals surface area contributed by atoms with Crippen LogP contribution in [0.1, 0.15) is 44.7 Å². The summed E-state index contributed by atoms with van der Waals surface area (Å²) in [6.45, 7) is 7.01. The quantitative estimate of drug-likeness (QED) is 0.601. The fourth-order valence-corrected chi connectivity index (χ4v) is 1.79. The average Bonchev–Trinajstić information content (AvgIpc) is 2.27. The van der Waals surface area contributed by atoms with Gasteiger partial charge in [-0.3, -0.25) is 0 Å². The zero-order valence-electron chi connectivity index (χ0n) is 11.5. The summed E-state index contributed by atoms with van der Waals surface area (Å²) >= 11 is 0. The first-order valence-corrected chi connectivity index (χ1v) is 6.47. The van der Waals surface area contributed by atoms with Crippen molar-refractivity contribution in [3.05, 3.63) is 35.4 Å². The van der Waals surface area contributed by atoms with Gasteiger partial charge >= 0.3 is 7.32 Å². The minimum absolute atomic E-state index is 0.198. The third-order valence-electron chi connectivity index (χ3n) is 2.95. The fraction of sp³-hybridized carbons (Fsp3) is 0.571. The number of rotatable bonds is 6. The average molecular weight is 250 g/mol. The molecule has 0 spiro atoms. The Balaban J connectivity index is 2.31. The third-order valence-corrected chi connectivity index (χ3v) is 2.95. The van der Waals surface area contributed by atoms with Crippen LogP contribution in [-0.4, -0.2) is 24.0 Å². The van der Waals surface area contributed by atoms with Gasteiger partial charge in [0.25, 0.3) is 0 Å². The predicted octanol–water partition coefficient (Wildman–Crippen LogP) is 2.29. The monoisotopic (exact) mass is 250 g/mol. The number of hydrogen-bond acceptors (Lipinski definition) is 3. The lowest BCUT2D eigenvalue weighted by Crippen LogP contribution is -2.17. The minimum Gasteiger partial charge on any atom is -0.402 e. The van der Waals surface area contributed by atoms with Gasteiger partial charge in [-0.1, -0.05) is 45.0 Å². The Bertz CT molecular complexity index is 341. The molecule has 1 aromatic rings. The molecule has 4 heteroatoms. The summed E-state index contributed by atoms with van der Waals surface area (Å²) in [6.07, 6.45) is 2.82. The topological polar surface area (TPSA) is 49.7 Å². The largest absolute Gasteiger partial charge is 0.633 e. The SMILES string of the molecule is CC(C)(C)c1ccc(CCCCOB(O)O)cc1. The van der Waals surface area contributed by atoms with Crippen LogP contribution in [0.3, 0.4) is 0 Å². The molecule has 0 aliphatic rings. The maximum atomic E-state index is 8.51. The molecular formula is C14H23BO3. The van der Waals surface area contributed by atoms with E-state index in [1.165, 1.54) is 11.1 Å². The van der Waals surface area contributed by atoms with E-state index in [4.69, 9.17) is 10.0 Å². The zero-order valence-corrected chi connectivity index (χ0v) is 11.5. The van der Waals surface area contributed by atoms with Gasteiger partial charge in [0.1, 0.15) is 0 Å². The summed E-state index contributed by atoms with van der Waals surface area (Å²) in [5.41, 5.74) is 2.86. The summed E-state index contributed by atoms with van der Waals surface area (Å²) < 4.78 is 4.65. The lowest BCUT2D eigenvalue weighted by molar-refractivity contribution is 0.182. The van der Waals surface area contributed by atoms with Crippen molar-refractivity contribution in [1.82, 2.24) is 0 Å². The van der Waals surface area contributed by atoms with Crippen LogP contribution < -0.4 is 0 Å². The molecule has 0 amide bonds. The standard InChI is InChI=1S/C14H23BO3/c1-14(2,3)13-9-7-12(8-10-13)6-4-5-11-18-15(16)17/h7-10,16-17H,4-6,11H2,1-3H3. The van der Waals surface area contributed by atoms with Crippen LogP contribution in [0, 0.1) is 0 Å². The van der Waals surface area contributed by atoms with E-state index in [9.17, 15) is 0 Å². The van der Waals surface area contributed by atoms with Crippen molar-refractivity contribution in [2.24, 2.45) is 0 Å². The van der Waals surface area contributed by atoms with Crippen molar-refractivity contribution in [2.45, 2.75) is 45.4 Å². The fourth-order valence-electron chi connectivity index (χ4n) is 1.79. The summed E-state index contributed by atoms with van der Waals surface area (Å²) in [5, 5.41) is 17.0. The Hall–Kier alpha value is -0.835. The van der Waals surface area contributed by atoms with Crippen molar-refractivity contribution < 1.29 is 14.7 Å². The maximum absolute atomic E-state index is 8.51. The van der Waals surface area contributed by atoms with Crippen molar-refractivity contribution in [2.75, 3.05) is 6.61 Å². The highest BCUT2D eigenvalue weighted by molar-refractivity contribution is 6.32. The molecule has 3 nitrogen and oxygen atoms in total. The van der Waals surface area contributed by atoms with Gasteiger partial charge < -0.3 is 14.7 Å². The second-order valence-electron chi connectivity index (χ2n) is 5.60. The van der Waals surface area contributed by atoms with E-state index in [-0.39, 0.29) is 5.41 Å². The predicted molar refractivity (Wildman–Crippen MR) is 74.2 cm³/mol. The van der Waals surface area contributed by atoms with E-state index in [0.29, 0.717) is 6.61 Å². The van der Waals surface area contributed by atoms with Gasteiger partial charge in [-0.15, -0.1) is 0 Å². The Morgan fingerprint density at radius 2 is 1.67 bits per heavy atom. The zero-order chi connectivity index (χ0) is 13.6. The Morgan fingerprint density at radius 3 is 2.17 bits per heavy atom. The third kappa shape index (κ3) is 5.67. The highest BCUT2D eigenvalue weighted by Crippen LogP contribution is 2.22. The van der Waals surface area contributed by atoms with Crippen LogP contribution >= 0.6 is 0 Å². The van der Waals surface area contributed by atoms with Crippen LogP contribution in [0.25, 0.3) is 0 Å². The molecule has 0 fully saturated rings. The molecule has 0 saturated heterocycles. The molecular weight excluding hydrogens is 227 g/mol. The van der Waals surface area contributed by atoms with Crippen LogP contribution in [-0.2, 0) is 16.5 Å². The molecule has 0 aromatic heterocycles. The van der Waals surface area contributed by atoms with E-state index < -0.39 is 7.32 Å². The van der Waals surface area contributed by atoms with Crippen molar-refractivity contribution in [3.8, 4) is 0 Å². The van der Waals surface area contributed by atoms with E-state index in [1.807, 2.05) is 0 Å². The molecule has 0 radical (unpaired) electrons. The Kier molecular flexibility index (Phi) is 5.86. The van der Waals surface area contributed by atoms with Crippen LogP contribution in [0.4, 0.5) is 0 Å². The molecule has 0 aliphatic heterocycles. The van der Waals surface area contributed by atoms with E-state index in [1.54, 1.807) is 0 Å². The molecule has 0 aliphatic carbocycles. The number of benzene rings is 1. The van der Waals surface area contributed by atoms with Crippen molar-refractivity contribution in [3.63, 3.8) is 0 Å². The molecule has 0 atom stereocenters. The van der Waals surface area contributed by atoms with Crippen LogP contribution in [0.2, 0.25) is 0 Å². The summed E-state index contributed by atoms with van der Waals surface area (Å²) in [6, 6.07) is 8.71. The smallest absolute Gasteiger partial charge is 0.402 e. The van der Waals surface area contributed by atoms with Crippen LogP contribution in [0.5, 0.6) is 0 Å². The minimum atomic E-state index is -1.64. The maximum Gasteiger partial charge on any atom is 0.633 e. The summed E-state index contributed by atoms with van der Waals surface area (Å²) in [4.78, 5) is 0. The number of aryl methyl sites for hydroxylation is 1. The van der Waals surface area contributed by atoms with Gasteiger partial charge in [0.15, 0.2) is 0 Å². The molecule has 1 rings (SSSR count). The van der Waals surface area contributed by atoms with E-state index in [2.05, 4.69) is 49.7 Å². The van der Waals surface area contributed by atoms with Gasteiger partial charge in [-0.05, 0) is 35.8 Å². The highest BCUT2D eigenvalue weighted by atomic mass is 16.6. The lowest BCUT2D eigenvalue weighted by Gasteiger charge is -2.19. The second-order valence-corrected chi connectivity index (χ2v) is 5.60. The molecule has 0 bridgehead atoms. The van der Waals surface area contributed by atoms with E-state index >= 15 is 0 Å². The summed E-state index contributed by atoms with van der Waals surface area (Å²) in [7, 11) is -1.64. The van der Waals surface area contributed by atoms with Gasteiger partial charge in [-0.25, -0.2) is 0 Å². The molecule has 0 unspecified atom stereocenters. The normalized spacial score (nSPS) is 11.6. The van der Waals surface area contributed by atoms with Crippen molar-refractivity contribution >= 4 is 7.32 Å².